The molecule has 0 unspecified atom stereocenters. The summed E-state index contributed by atoms with van der Waals surface area (Å²) in [5.41, 5.74) is 1.33. The van der Waals surface area contributed by atoms with Crippen molar-refractivity contribution in [3.63, 3.8) is 0 Å². The zero-order valence-electron chi connectivity index (χ0n) is 16.1. The van der Waals surface area contributed by atoms with E-state index >= 15 is 0 Å². The summed E-state index contributed by atoms with van der Waals surface area (Å²) in [5, 5.41) is 3.12. The molecule has 0 radical (unpaired) electrons. The first kappa shape index (κ1) is 20.5. The molecule has 0 aliphatic heterocycles. The van der Waals surface area contributed by atoms with Crippen LogP contribution < -0.4 is 10.0 Å². The number of rotatable bonds is 6. The van der Waals surface area contributed by atoms with Crippen LogP contribution in [0.1, 0.15) is 54.1 Å². The average Bonchev–Trinajstić information content (AvgIpc) is 3.11. The fourth-order valence-corrected chi connectivity index (χ4v) is 4.87. The van der Waals surface area contributed by atoms with E-state index in [0.29, 0.717) is 11.1 Å². The normalized spacial score (nSPS) is 16.1. The van der Waals surface area contributed by atoms with E-state index in [9.17, 15) is 17.6 Å². The lowest BCUT2D eigenvalue weighted by Crippen LogP contribution is -2.44. The Hall–Kier alpha value is -2.25. The molecule has 7 heteroatoms. The highest BCUT2D eigenvalue weighted by Gasteiger charge is 2.37. The minimum Gasteiger partial charge on any atom is -0.343 e. The smallest absolute Gasteiger partial charge is 0.252 e. The Morgan fingerprint density at radius 3 is 2.36 bits per heavy atom. The lowest BCUT2D eigenvalue weighted by molar-refractivity contribution is 0.0897. The topological polar surface area (TPSA) is 75.3 Å². The Labute approximate surface area is 165 Å². The summed E-state index contributed by atoms with van der Waals surface area (Å²) in [6, 6.07) is 10.8. The lowest BCUT2D eigenvalue weighted by atomic mass is 9.87. The molecule has 0 bridgehead atoms. The van der Waals surface area contributed by atoms with Crippen molar-refractivity contribution in [2.45, 2.75) is 50.0 Å². The highest BCUT2D eigenvalue weighted by atomic mass is 32.2. The number of sulfonamides is 1. The Balaban J connectivity index is 1.94. The third-order valence-corrected chi connectivity index (χ3v) is 6.85. The highest BCUT2D eigenvalue weighted by molar-refractivity contribution is 7.89. The van der Waals surface area contributed by atoms with Gasteiger partial charge in [0.2, 0.25) is 10.0 Å². The first-order valence-corrected chi connectivity index (χ1v) is 10.9. The molecule has 150 valence electrons. The standard InChI is InChI=1S/C21H25FN2O3S/c1-3-23-28(26,27)18-11-6-15(2)19(14-18)20(25)24-21(12-4-5-13-21)16-7-9-17(22)10-8-16/h6-11,14,23H,3-5,12-13H2,1-2H3,(H,24,25). The summed E-state index contributed by atoms with van der Waals surface area (Å²) < 4.78 is 40.4. The van der Waals surface area contributed by atoms with E-state index in [2.05, 4.69) is 10.0 Å². The second-order valence-corrected chi connectivity index (χ2v) is 9.00. The zero-order valence-corrected chi connectivity index (χ0v) is 16.9. The van der Waals surface area contributed by atoms with Gasteiger partial charge in [-0.1, -0.05) is 38.0 Å². The number of benzene rings is 2. The van der Waals surface area contributed by atoms with E-state index < -0.39 is 15.6 Å². The second-order valence-electron chi connectivity index (χ2n) is 7.23. The summed E-state index contributed by atoms with van der Waals surface area (Å²) in [6.45, 7) is 3.75. The minimum atomic E-state index is -3.65. The van der Waals surface area contributed by atoms with Crippen molar-refractivity contribution < 1.29 is 17.6 Å². The van der Waals surface area contributed by atoms with Crippen molar-refractivity contribution in [3.8, 4) is 0 Å². The Morgan fingerprint density at radius 2 is 1.75 bits per heavy atom. The van der Waals surface area contributed by atoms with E-state index in [1.54, 1.807) is 32.0 Å². The quantitative estimate of drug-likeness (QED) is 0.772. The average molecular weight is 405 g/mol. The molecule has 2 aromatic carbocycles. The van der Waals surface area contributed by atoms with Gasteiger partial charge in [0.15, 0.2) is 0 Å². The van der Waals surface area contributed by atoms with Gasteiger partial charge >= 0.3 is 0 Å². The first-order valence-electron chi connectivity index (χ1n) is 9.46. The fourth-order valence-electron chi connectivity index (χ4n) is 3.80. The number of hydrogen-bond donors (Lipinski definition) is 2. The SMILES string of the molecule is CCNS(=O)(=O)c1ccc(C)c(C(=O)NC2(c3ccc(F)cc3)CCCC2)c1. The van der Waals surface area contributed by atoms with Gasteiger partial charge in [0.05, 0.1) is 10.4 Å². The molecule has 1 aliphatic carbocycles. The van der Waals surface area contributed by atoms with E-state index in [4.69, 9.17) is 0 Å². The molecule has 0 aromatic heterocycles. The van der Waals surface area contributed by atoms with Crippen LogP contribution in [0.2, 0.25) is 0 Å². The van der Waals surface area contributed by atoms with Gasteiger partial charge in [0.1, 0.15) is 5.82 Å². The maximum Gasteiger partial charge on any atom is 0.252 e. The molecule has 1 amide bonds. The third kappa shape index (κ3) is 4.10. The van der Waals surface area contributed by atoms with Gasteiger partial charge in [-0.05, 0) is 55.2 Å². The number of nitrogens with one attached hydrogen (secondary N) is 2. The molecule has 3 rings (SSSR count). The molecule has 0 atom stereocenters. The lowest BCUT2D eigenvalue weighted by Gasteiger charge is -2.31. The van der Waals surface area contributed by atoms with Gasteiger partial charge in [-0.2, -0.15) is 0 Å². The van der Waals surface area contributed by atoms with Gasteiger partial charge < -0.3 is 5.32 Å². The molecule has 28 heavy (non-hydrogen) atoms. The predicted octanol–water partition coefficient (Wildman–Crippen LogP) is 3.63. The van der Waals surface area contributed by atoms with Crippen molar-refractivity contribution in [1.29, 1.82) is 0 Å². The maximum absolute atomic E-state index is 13.3. The maximum atomic E-state index is 13.3. The molecule has 0 spiro atoms. The van der Waals surface area contributed by atoms with Crippen molar-refractivity contribution in [2.75, 3.05) is 6.54 Å². The molecule has 1 aliphatic rings. The molecular formula is C21H25FN2O3S. The van der Waals surface area contributed by atoms with E-state index in [1.807, 2.05) is 0 Å². The van der Waals surface area contributed by atoms with E-state index in [-0.39, 0.29) is 23.2 Å². The van der Waals surface area contributed by atoms with Crippen LogP contribution >= 0.6 is 0 Å². The van der Waals surface area contributed by atoms with Gasteiger partial charge in [-0.25, -0.2) is 17.5 Å². The summed E-state index contributed by atoms with van der Waals surface area (Å²) in [4.78, 5) is 13.2. The van der Waals surface area contributed by atoms with Crippen molar-refractivity contribution in [2.24, 2.45) is 0 Å². The number of carbonyl (C=O) groups is 1. The molecule has 0 heterocycles. The van der Waals surface area contributed by atoms with Crippen molar-refractivity contribution in [3.05, 3.63) is 65.0 Å². The van der Waals surface area contributed by atoms with Crippen LogP contribution in [0, 0.1) is 12.7 Å². The number of carbonyl (C=O) groups excluding carboxylic acids is 1. The molecule has 1 saturated carbocycles. The van der Waals surface area contributed by atoms with Crippen LogP contribution in [-0.2, 0) is 15.6 Å². The second kappa shape index (κ2) is 8.01. The van der Waals surface area contributed by atoms with Crippen LogP contribution in [0.15, 0.2) is 47.4 Å². The summed E-state index contributed by atoms with van der Waals surface area (Å²) in [7, 11) is -3.65. The van der Waals surface area contributed by atoms with Gasteiger partial charge in [0, 0.05) is 12.1 Å². The predicted molar refractivity (Wildman–Crippen MR) is 106 cm³/mol. The summed E-state index contributed by atoms with van der Waals surface area (Å²) >= 11 is 0. The fraction of sp³-hybridized carbons (Fsp3) is 0.381. The molecule has 2 N–H and O–H groups in total. The minimum absolute atomic E-state index is 0.0624. The van der Waals surface area contributed by atoms with E-state index in [0.717, 1.165) is 31.2 Å². The largest absolute Gasteiger partial charge is 0.343 e. The number of hydrogen-bond acceptors (Lipinski definition) is 3. The first-order chi connectivity index (χ1) is 13.3. The van der Waals surface area contributed by atoms with Crippen LogP contribution in [0.5, 0.6) is 0 Å². The van der Waals surface area contributed by atoms with Gasteiger partial charge in [-0.15, -0.1) is 0 Å². The van der Waals surface area contributed by atoms with Crippen molar-refractivity contribution >= 4 is 15.9 Å². The van der Waals surface area contributed by atoms with Gasteiger partial charge in [-0.3, -0.25) is 4.79 Å². The molecule has 2 aromatic rings. The number of amides is 1. The molecular weight excluding hydrogens is 379 g/mol. The monoisotopic (exact) mass is 404 g/mol. The van der Waals surface area contributed by atoms with Crippen LogP contribution in [0.3, 0.4) is 0 Å². The van der Waals surface area contributed by atoms with Gasteiger partial charge in [0.25, 0.3) is 5.91 Å². The van der Waals surface area contributed by atoms with Crippen LogP contribution in [0.25, 0.3) is 0 Å². The summed E-state index contributed by atoms with van der Waals surface area (Å²) in [5.74, 6) is -0.641. The number of halogens is 1. The Kier molecular flexibility index (Phi) is 5.86. The van der Waals surface area contributed by atoms with Crippen molar-refractivity contribution in [1.82, 2.24) is 10.0 Å². The number of aryl methyl sites for hydroxylation is 1. The van der Waals surface area contributed by atoms with Crippen LogP contribution in [0.4, 0.5) is 4.39 Å². The van der Waals surface area contributed by atoms with E-state index in [1.165, 1.54) is 24.3 Å². The highest BCUT2D eigenvalue weighted by Crippen LogP contribution is 2.39. The zero-order chi connectivity index (χ0) is 20.4. The Bertz CT molecular complexity index is 966. The van der Waals surface area contributed by atoms with Crippen LogP contribution in [-0.4, -0.2) is 20.9 Å². The molecule has 5 nitrogen and oxygen atoms in total. The molecule has 1 fully saturated rings. The molecule has 0 saturated heterocycles. The third-order valence-electron chi connectivity index (χ3n) is 5.31. The Morgan fingerprint density at radius 1 is 1.11 bits per heavy atom. The summed E-state index contributed by atoms with van der Waals surface area (Å²) in [6.07, 6.45) is 3.45.